The first-order valence-electron chi connectivity index (χ1n) is 6.10. The maximum absolute atomic E-state index is 11.6. The molecule has 0 amide bonds. The van der Waals surface area contributed by atoms with Crippen molar-refractivity contribution in [1.29, 1.82) is 0 Å². The van der Waals surface area contributed by atoms with Crippen molar-refractivity contribution in [2.45, 2.75) is 12.8 Å². The molecule has 1 heterocycles. The van der Waals surface area contributed by atoms with E-state index in [0.29, 0.717) is 18.4 Å². The first-order valence-corrected chi connectivity index (χ1v) is 8.30. The van der Waals surface area contributed by atoms with Gasteiger partial charge < -0.3 is 5.73 Å². The Kier molecular flexibility index (Phi) is 4.04. The molecule has 6 nitrogen and oxygen atoms in total. The minimum absolute atomic E-state index is 0.0455. The standard InChI is InChI=1S/C12H15ClN2O4S/c13-11-5-10(15(16)17)2-1-9(11)6-12(7-14)3-4-20(18,19)8-12/h1-2,5H,3-4,6-8,14H2. The molecule has 1 unspecified atom stereocenters. The second-order valence-electron chi connectivity index (χ2n) is 5.26. The van der Waals surface area contributed by atoms with Crippen LogP contribution >= 0.6 is 11.6 Å². The highest BCUT2D eigenvalue weighted by molar-refractivity contribution is 7.91. The summed E-state index contributed by atoms with van der Waals surface area (Å²) in [5.41, 5.74) is 5.85. The summed E-state index contributed by atoms with van der Waals surface area (Å²) in [4.78, 5) is 10.1. The second kappa shape index (κ2) is 5.31. The molecule has 2 N–H and O–H groups in total. The maximum atomic E-state index is 11.6. The summed E-state index contributed by atoms with van der Waals surface area (Å²) in [6, 6.07) is 4.22. The average Bonchev–Trinajstić information content (AvgIpc) is 2.68. The number of halogens is 1. The van der Waals surface area contributed by atoms with Gasteiger partial charge in [0.15, 0.2) is 9.84 Å². The highest BCUT2D eigenvalue weighted by Crippen LogP contribution is 2.37. The van der Waals surface area contributed by atoms with Crippen molar-refractivity contribution in [2.75, 3.05) is 18.1 Å². The molecule has 0 aliphatic carbocycles. The number of hydrogen-bond acceptors (Lipinski definition) is 5. The van der Waals surface area contributed by atoms with Crippen LogP contribution in [0.5, 0.6) is 0 Å². The van der Waals surface area contributed by atoms with Crippen LogP contribution in [0, 0.1) is 15.5 Å². The second-order valence-corrected chi connectivity index (χ2v) is 7.85. The summed E-state index contributed by atoms with van der Waals surface area (Å²) in [6.45, 7) is 0.250. The van der Waals surface area contributed by atoms with E-state index in [4.69, 9.17) is 17.3 Å². The van der Waals surface area contributed by atoms with Gasteiger partial charge in [-0.05, 0) is 24.9 Å². The number of nitrogens with two attached hydrogens (primary N) is 1. The predicted octanol–water partition coefficient (Wildman–Crippen LogP) is 1.55. The summed E-state index contributed by atoms with van der Waals surface area (Å²) in [5.74, 6) is 0.179. The molecule has 1 saturated heterocycles. The van der Waals surface area contributed by atoms with Gasteiger partial charge in [-0.15, -0.1) is 0 Å². The Hall–Kier alpha value is -1.18. The van der Waals surface area contributed by atoms with E-state index in [9.17, 15) is 18.5 Å². The number of hydrogen-bond donors (Lipinski definition) is 1. The van der Waals surface area contributed by atoms with Crippen molar-refractivity contribution in [2.24, 2.45) is 11.1 Å². The van der Waals surface area contributed by atoms with E-state index in [2.05, 4.69) is 0 Å². The SMILES string of the molecule is NCC1(Cc2ccc([N+](=O)[O-])cc2Cl)CCS(=O)(=O)C1. The molecule has 0 saturated carbocycles. The topological polar surface area (TPSA) is 103 Å². The molecular weight excluding hydrogens is 304 g/mol. The Morgan fingerprint density at radius 2 is 2.15 bits per heavy atom. The van der Waals surface area contributed by atoms with Gasteiger partial charge in [-0.3, -0.25) is 10.1 Å². The number of nitro benzene ring substituents is 1. The van der Waals surface area contributed by atoms with Crippen molar-refractivity contribution in [3.8, 4) is 0 Å². The van der Waals surface area contributed by atoms with E-state index in [1.165, 1.54) is 12.1 Å². The summed E-state index contributed by atoms with van der Waals surface area (Å²) >= 11 is 6.05. The highest BCUT2D eigenvalue weighted by Gasteiger charge is 2.41. The number of benzene rings is 1. The van der Waals surface area contributed by atoms with Crippen molar-refractivity contribution in [3.63, 3.8) is 0 Å². The Morgan fingerprint density at radius 3 is 2.60 bits per heavy atom. The highest BCUT2D eigenvalue weighted by atomic mass is 35.5. The minimum Gasteiger partial charge on any atom is -0.330 e. The fourth-order valence-electron chi connectivity index (χ4n) is 2.55. The number of nitrogens with zero attached hydrogens (tertiary/aromatic N) is 1. The quantitative estimate of drug-likeness (QED) is 0.670. The molecule has 2 rings (SSSR count). The van der Waals surface area contributed by atoms with E-state index in [-0.39, 0.29) is 28.8 Å². The molecule has 20 heavy (non-hydrogen) atoms. The molecule has 1 aromatic carbocycles. The zero-order valence-electron chi connectivity index (χ0n) is 10.7. The molecule has 1 atom stereocenters. The third kappa shape index (κ3) is 3.11. The third-order valence-electron chi connectivity index (χ3n) is 3.72. The van der Waals surface area contributed by atoms with E-state index in [1.54, 1.807) is 6.07 Å². The van der Waals surface area contributed by atoms with Crippen molar-refractivity contribution in [3.05, 3.63) is 38.9 Å². The Morgan fingerprint density at radius 1 is 1.45 bits per heavy atom. The van der Waals surface area contributed by atoms with Gasteiger partial charge in [-0.25, -0.2) is 8.42 Å². The Bertz CT molecular complexity index is 647. The summed E-state index contributed by atoms with van der Waals surface area (Å²) in [5, 5.41) is 10.9. The van der Waals surface area contributed by atoms with E-state index < -0.39 is 20.2 Å². The van der Waals surface area contributed by atoms with Crippen LogP contribution in [-0.2, 0) is 16.3 Å². The summed E-state index contributed by atoms with van der Waals surface area (Å²) in [7, 11) is -3.05. The minimum atomic E-state index is -3.05. The van der Waals surface area contributed by atoms with Crippen LogP contribution in [0.4, 0.5) is 5.69 Å². The van der Waals surface area contributed by atoms with Gasteiger partial charge in [-0.2, -0.15) is 0 Å². The zero-order valence-corrected chi connectivity index (χ0v) is 12.3. The fraction of sp³-hybridized carbons (Fsp3) is 0.500. The lowest BCUT2D eigenvalue weighted by Gasteiger charge is -2.26. The van der Waals surface area contributed by atoms with Crippen molar-refractivity contribution in [1.82, 2.24) is 0 Å². The maximum Gasteiger partial charge on any atom is 0.270 e. The van der Waals surface area contributed by atoms with Gasteiger partial charge in [0.05, 0.1) is 21.5 Å². The van der Waals surface area contributed by atoms with Crippen LogP contribution in [0.2, 0.25) is 5.02 Å². The van der Waals surface area contributed by atoms with Crippen LogP contribution in [0.1, 0.15) is 12.0 Å². The van der Waals surface area contributed by atoms with Crippen molar-refractivity contribution < 1.29 is 13.3 Å². The molecule has 1 aliphatic rings. The van der Waals surface area contributed by atoms with Gasteiger partial charge in [0, 0.05) is 17.5 Å². The zero-order chi connectivity index (χ0) is 15.0. The monoisotopic (exact) mass is 318 g/mol. The number of nitro groups is 1. The van der Waals surface area contributed by atoms with Crippen molar-refractivity contribution >= 4 is 27.1 Å². The van der Waals surface area contributed by atoms with Gasteiger partial charge in [-0.1, -0.05) is 17.7 Å². The van der Waals surface area contributed by atoms with Gasteiger partial charge in [0.2, 0.25) is 0 Å². The number of rotatable bonds is 4. The normalized spacial score (nSPS) is 24.7. The van der Waals surface area contributed by atoms with E-state index in [0.717, 1.165) is 0 Å². The van der Waals surface area contributed by atoms with E-state index >= 15 is 0 Å². The van der Waals surface area contributed by atoms with Crippen LogP contribution in [-0.4, -0.2) is 31.4 Å². The average molecular weight is 319 g/mol. The number of sulfone groups is 1. The lowest BCUT2D eigenvalue weighted by atomic mass is 9.81. The molecule has 1 aliphatic heterocycles. The lowest BCUT2D eigenvalue weighted by molar-refractivity contribution is -0.384. The smallest absolute Gasteiger partial charge is 0.270 e. The molecule has 0 aromatic heterocycles. The van der Waals surface area contributed by atoms with Crippen LogP contribution < -0.4 is 5.73 Å². The lowest BCUT2D eigenvalue weighted by Crippen LogP contribution is -2.34. The first-order chi connectivity index (χ1) is 9.27. The van der Waals surface area contributed by atoms with Gasteiger partial charge in [0.1, 0.15) is 0 Å². The fourth-order valence-corrected chi connectivity index (χ4v) is 4.98. The molecule has 1 aromatic rings. The van der Waals surface area contributed by atoms with Crippen LogP contribution in [0.15, 0.2) is 18.2 Å². The third-order valence-corrected chi connectivity index (χ3v) is 5.95. The molecule has 110 valence electrons. The van der Waals surface area contributed by atoms with Crippen LogP contribution in [0.25, 0.3) is 0 Å². The largest absolute Gasteiger partial charge is 0.330 e. The predicted molar refractivity (Wildman–Crippen MR) is 76.6 cm³/mol. The molecule has 8 heteroatoms. The van der Waals surface area contributed by atoms with E-state index in [1.807, 2.05) is 0 Å². The van der Waals surface area contributed by atoms with Gasteiger partial charge in [0.25, 0.3) is 5.69 Å². The molecular formula is C12H15ClN2O4S. The number of non-ortho nitro benzene ring substituents is 1. The molecule has 0 spiro atoms. The molecule has 1 fully saturated rings. The summed E-state index contributed by atoms with van der Waals surface area (Å²) in [6.07, 6.45) is 0.915. The summed E-state index contributed by atoms with van der Waals surface area (Å²) < 4.78 is 23.3. The van der Waals surface area contributed by atoms with Crippen LogP contribution in [0.3, 0.4) is 0 Å². The Balaban J connectivity index is 2.27. The molecule has 0 bridgehead atoms. The molecule has 0 radical (unpaired) electrons. The first kappa shape index (κ1) is 15.2. The Labute approximate surface area is 122 Å². The van der Waals surface area contributed by atoms with Gasteiger partial charge >= 0.3 is 0 Å².